The molecule has 1 heterocycles. The molecule has 0 atom stereocenters. The van der Waals surface area contributed by atoms with Gasteiger partial charge in [-0.25, -0.2) is 4.98 Å². The summed E-state index contributed by atoms with van der Waals surface area (Å²) in [6.45, 7) is 11.0. The third-order valence-corrected chi connectivity index (χ3v) is 2.99. The van der Waals surface area contributed by atoms with E-state index in [0.717, 1.165) is 13.0 Å². The van der Waals surface area contributed by atoms with Crippen LogP contribution in [-0.2, 0) is 0 Å². The van der Waals surface area contributed by atoms with Crippen molar-refractivity contribution in [3.05, 3.63) is 15.8 Å². The summed E-state index contributed by atoms with van der Waals surface area (Å²) in [5, 5.41) is 14.4. The Hall–Kier alpha value is -1.92. The minimum absolute atomic E-state index is 0.0115. The van der Waals surface area contributed by atoms with Crippen molar-refractivity contribution in [2.75, 3.05) is 23.3 Å². The molecule has 0 aliphatic heterocycles. The van der Waals surface area contributed by atoms with Gasteiger partial charge < -0.3 is 10.2 Å². The van der Waals surface area contributed by atoms with E-state index in [-0.39, 0.29) is 11.7 Å². The largest absolute Gasteiger partial charge is 0.354 e. The molecule has 112 valence electrons. The van der Waals surface area contributed by atoms with E-state index in [0.29, 0.717) is 24.0 Å². The summed E-state index contributed by atoms with van der Waals surface area (Å²) in [5.41, 5.74) is 0.375. The van der Waals surface area contributed by atoms with E-state index in [1.165, 1.54) is 0 Å². The van der Waals surface area contributed by atoms with E-state index in [1.807, 2.05) is 32.6 Å². The number of anilines is 2. The Morgan fingerprint density at radius 2 is 2.00 bits per heavy atom. The van der Waals surface area contributed by atoms with Gasteiger partial charge in [0.15, 0.2) is 0 Å². The smallest absolute Gasteiger partial charge is 0.332 e. The number of nitrogens with zero attached hydrogens (tertiary/aromatic N) is 4. The van der Waals surface area contributed by atoms with Gasteiger partial charge in [-0.3, -0.25) is 10.1 Å². The quantitative estimate of drug-likeness (QED) is 0.611. The van der Waals surface area contributed by atoms with Crippen LogP contribution in [0.25, 0.3) is 0 Å². The molecule has 0 bridgehead atoms. The molecule has 0 unspecified atom stereocenters. The van der Waals surface area contributed by atoms with E-state index in [2.05, 4.69) is 15.3 Å². The van der Waals surface area contributed by atoms with E-state index in [1.54, 1.807) is 6.92 Å². The number of hydrogen-bond acceptors (Lipinski definition) is 6. The topological polar surface area (TPSA) is 84.2 Å². The van der Waals surface area contributed by atoms with Gasteiger partial charge in [0.2, 0.25) is 11.8 Å². The molecular weight excluding hydrogens is 258 g/mol. The first-order chi connectivity index (χ1) is 9.42. The second-order valence-corrected chi connectivity index (χ2v) is 4.87. The maximum absolute atomic E-state index is 11.3. The van der Waals surface area contributed by atoms with Crippen LogP contribution < -0.4 is 10.2 Å². The van der Waals surface area contributed by atoms with E-state index in [4.69, 9.17) is 0 Å². The van der Waals surface area contributed by atoms with Crippen molar-refractivity contribution in [2.45, 2.75) is 47.1 Å². The van der Waals surface area contributed by atoms with Crippen molar-refractivity contribution in [2.24, 2.45) is 0 Å². The summed E-state index contributed by atoms with van der Waals surface area (Å²) in [7, 11) is 0. The van der Waals surface area contributed by atoms with E-state index >= 15 is 0 Å². The molecule has 7 nitrogen and oxygen atoms in total. The van der Waals surface area contributed by atoms with Crippen LogP contribution in [0.2, 0.25) is 0 Å². The maximum atomic E-state index is 11.3. The van der Waals surface area contributed by atoms with Crippen molar-refractivity contribution < 1.29 is 4.92 Å². The summed E-state index contributed by atoms with van der Waals surface area (Å²) >= 11 is 0. The molecule has 0 aromatic carbocycles. The van der Waals surface area contributed by atoms with E-state index < -0.39 is 4.92 Å². The van der Waals surface area contributed by atoms with Crippen molar-refractivity contribution in [3.8, 4) is 0 Å². The lowest BCUT2D eigenvalue weighted by atomic mass is 10.2. The zero-order valence-electron chi connectivity index (χ0n) is 12.8. The summed E-state index contributed by atoms with van der Waals surface area (Å²) in [5.74, 6) is 0.836. The van der Waals surface area contributed by atoms with Crippen molar-refractivity contribution in [1.82, 2.24) is 9.97 Å². The first kappa shape index (κ1) is 16.1. The van der Waals surface area contributed by atoms with Crippen molar-refractivity contribution in [1.29, 1.82) is 0 Å². The van der Waals surface area contributed by atoms with Crippen LogP contribution in [0, 0.1) is 17.0 Å². The molecule has 0 aliphatic rings. The van der Waals surface area contributed by atoms with Gasteiger partial charge in [-0.1, -0.05) is 6.92 Å². The molecule has 0 amide bonds. The summed E-state index contributed by atoms with van der Waals surface area (Å²) in [6.07, 6.45) is 0.941. The minimum atomic E-state index is -0.403. The second-order valence-electron chi connectivity index (χ2n) is 4.87. The molecule has 20 heavy (non-hydrogen) atoms. The predicted molar refractivity (Wildman–Crippen MR) is 80.4 cm³/mol. The zero-order chi connectivity index (χ0) is 15.3. The third-order valence-electron chi connectivity index (χ3n) is 2.99. The fourth-order valence-electron chi connectivity index (χ4n) is 2.04. The Kier molecular flexibility index (Phi) is 5.66. The van der Waals surface area contributed by atoms with Gasteiger partial charge >= 0.3 is 5.69 Å². The number of nitrogens with one attached hydrogen (secondary N) is 1. The minimum Gasteiger partial charge on any atom is -0.354 e. The fourth-order valence-corrected chi connectivity index (χ4v) is 2.04. The van der Waals surface area contributed by atoms with Crippen molar-refractivity contribution >= 4 is 17.5 Å². The van der Waals surface area contributed by atoms with Crippen molar-refractivity contribution in [3.63, 3.8) is 0 Å². The van der Waals surface area contributed by atoms with Gasteiger partial charge in [0.1, 0.15) is 5.69 Å². The van der Waals surface area contributed by atoms with Crippen LogP contribution in [0.4, 0.5) is 17.5 Å². The second kappa shape index (κ2) is 7.02. The Balaban J connectivity index is 3.34. The molecule has 0 fully saturated rings. The average Bonchev–Trinajstić information content (AvgIpc) is 2.35. The molecule has 1 aromatic rings. The van der Waals surface area contributed by atoms with Crippen LogP contribution in [0.5, 0.6) is 0 Å². The molecule has 0 saturated carbocycles. The lowest BCUT2D eigenvalue weighted by Gasteiger charge is -2.26. The lowest BCUT2D eigenvalue weighted by Crippen LogP contribution is -2.32. The molecule has 1 aromatic heterocycles. The molecule has 0 saturated heterocycles. The normalized spacial score (nSPS) is 10.7. The highest BCUT2D eigenvalue weighted by Crippen LogP contribution is 2.30. The van der Waals surface area contributed by atoms with Gasteiger partial charge in [-0.05, 0) is 34.1 Å². The van der Waals surface area contributed by atoms with Crippen LogP contribution in [0.3, 0.4) is 0 Å². The molecule has 7 heteroatoms. The number of aryl methyl sites for hydroxylation is 1. The summed E-state index contributed by atoms with van der Waals surface area (Å²) < 4.78 is 0. The standard InChI is InChI=1S/C13H23N5O2/c1-6-8-14-13-15-10(5)11(18(19)20)12(16-13)17(7-2)9(3)4/h9H,6-8H2,1-5H3,(H,14,15,16). The Morgan fingerprint density at radius 3 is 2.45 bits per heavy atom. The van der Waals surface area contributed by atoms with Gasteiger partial charge in [0, 0.05) is 19.1 Å². The monoisotopic (exact) mass is 281 g/mol. The number of hydrogen-bond donors (Lipinski definition) is 1. The van der Waals surface area contributed by atoms with Crippen LogP contribution in [-0.4, -0.2) is 34.0 Å². The lowest BCUT2D eigenvalue weighted by molar-refractivity contribution is -0.385. The van der Waals surface area contributed by atoms with Gasteiger partial charge in [0.25, 0.3) is 0 Å². The summed E-state index contributed by atoms with van der Waals surface area (Å²) in [4.78, 5) is 21.3. The SMILES string of the molecule is CCCNc1nc(C)c([N+](=O)[O-])c(N(CC)C(C)C)n1. The molecule has 0 radical (unpaired) electrons. The van der Waals surface area contributed by atoms with Crippen LogP contribution in [0.15, 0.2) is 0 Å². The maximum Gasteiger partial charge on any atom is 0.332 e. The van der Waals surface area contributed by atoms with Gasteiger partial charge in [-0.2, -0.15) is 4.98 Å². The molecular formula is C13H23N5O2. The molecule has 1 N–H and O–H groups in total. The first-order valence-electron chi connectivity index (χ1n) is 6.95. The average molecular weight is 281 g/mol. The van der Waals surface area contributed by atoms with Crippen LogP contribution in [0.1, 0.15) is 39.8 Å². The Morgan fingerprint density at radius 1 is 1.35 bits per heavy atom. The predicted octanol–water partition coefficient (Wildman–Crippen LogP) is 2.75. The van der Waals surface area contributed by atoms with E-state index in [9.17, 15) is 10.1 Å². The molecule has 1 rings (SSSR count). The highest BCUT2D eigenvalue weighted by Gasteiger charge is 2.27. The third kappa shape index (κ3) is 3.55. The van der Waals surface area contributed by atoms with Crippen LogP contribution >= 0.6 is 0 Å². The number of nitro groups is 1. The highest BCUT2D eigenvalue weighted by molar-refractivity contribution is 5.62. The first-order valence-corrected chi connectivity index (χ1v) is 6.95. The fraction of sp³-hybridized carbons (Fsp3) is 0.692. The number of rotatable bonds is 7. The molecule has 0 spiro atoms. The van der Waals surface area contributed by atoms with Gasteiger partial charge in [0.05, 0.1) is 4.92 Å². The van der Waals surface area contributed by atoms with Gasteiger partial charge in [-0.15, -0.1) is 0 Å². The Bertz CT molecular complexity index is 476. The number of aromatic nitrogens is 2. The zero-order valence-corrected chi connectivity index (χ0v) is 12.8. The summed E-state index contributed by atoms with van der Waals surface area (Å²) in [6, 6.07) is 0.132. The highest BCUT2D eigenvalue weighted by atomic mass is 16.6. The molecule has 0 aliphatic carbocycles. The Labute approximate surface area is 119 Å².